The highest BCUT2D eigenvalue weighted by Gasteiger charge is 2.20. The molecule has 6 heteroatoms. The van der Waals surface area contributed by atoms with E-state index in [4.69, 9.17) is 5.11 Å². The van der Waals surface area contributed by atoms with Crippen LogP contribution in [0.5, 0.6) is 0 Å². The van der Waals surface area contributed by atoms with E-state index in [2.05, 4.69) is 10.4 Å². The van der Waals surface area contributed by atoms with Gasteiger partial charge in [-0.1, -0.05) is 6.92 Å². The highest BCUT2D eigenvalue weighted by molar-refractivity contribution is 5.95. The summed E-state index contributed by atoms with van der Waals surface area (Å²) in [7, 11) is 0. The van der Waals surface area contributed by atoms with Gasteiger partial charge in [-0.2, -0.15) is 5.10 Å². The molecule has 1 rings (SSSR count). The molecule has 0 aliphatic rings. The van der Waals surface area contributed by atoms with Crippen molar-refractivity contribution < 1.29 is 14.7 Å². The standard InChI is InChI=1S/C11H17N3O3/c1-4-8(11(16)17)12-10(15)9-6-7(3)13-14(9)5-2/h6,8H,4-5H2,1-3H3,(H,12,15)(H,16,17)/t8-/m0/s1. The van der Waals surface area contributed by atoms with E-state index in [1.54, 1.807) is 24.6 Å². The number of carbonyl (C=O) groups excluding carboxylic acids is 1. The molecule has 0 spiro atoms. The van der Waals surface area contributed by atoms with Crippen LogP contribution in [0.15, 0.2) is 6.07 Å². The van der Waals surface area contributed by atoms with E-state index < -0.39 is 17.9 Å². The van der Waals surface area contributed by atoms with Gasteiger partial charge in [-0.05, 0) is 26.3 Å². The average Bonchev–Trinajstić information content (AvgIpc) is 2.66. The Morgan fingerprint density at radius 1 is 1.53 bits per heavy atom. The first-order valence-electron chi connectivity index (χ1n) is 5.57. The molecule has 0 radical (unpaired) electrons. The minimum absolute atomic E-state index is 0.348. The monoisotopic (exact) mass is 239 g/mol. The predicted molar refractivity (Wildman–Crippen MR) is 61.8 cm³/mol. The van der Waals surface area contributed by atoms with Crippen molar-refractivity contribution in [3.8, 4) is 0 Å². The second-order valence-corrected chi connectivity index (χ2v) is 3.76. The molecule has 17 heavy (non-hydrogen) atoms. The van der Waals surface area contributed by atoms with E-state index in [0.29, 0.717) is 18.7 Å². The number of amides is 1. The van der Waals surface area contributed by atoms with Gasteiger partial charge in [-0.25, -0.2) is 4.79 Å². The lowest BCUT2D eigenvalue weighted by atomic mass is 10.2. The van der Waals surface area contributed by atoms with E-state index >= 15 is 0 Å². The Hall–Kier alpha value is -1.85. The Balaban J connectivity index is 2.85. The Bertz CT molecular complexity index is 426. The highest BCUT2D eigenvalue weighted by Crippen LogP contribution is 2.04. The summed E-state index contributed by atoms with van der Waals surface area (Å²) in [5.41, 5.74) is 1.13. The molecule has 0 unspecified atom stereocenters. The SMILES string of the molecule is CC[C@H](NC(=O)c1cc(C)nn1CC)C(=O)O. The third kappa shape index (κ3) is 3.05. The van der Waals surface area contributed by atoms with Crippen LogP contribution >= 0.6 is 0 Å². The summed E-state index contributed by atoms with van der Waals surface area (Å²) in [6.07, 6.45) is 0.348. The zero-order valence-corrected chi connectivity index (χ0v) is 10.2. The number of aryl methyl sites for hydroxylation is 2. The number of nitrogens with one attached hydrogen (secondary N) is 1. The average molecular weight is 239 g/mol. The van der Waals surface area contributed by atoms with Crippen molar-refractivity contribution in [2.24, 2.45) is 0 Å². The van der Waals surface area contributed by atoms with Gasteiger partial charge in [0.2, 0.25) is 0 Å². The smallest absolute Gasteiger partial charge is 0.326 e. The number of carbonyl (C=O) groups is 2. The third-order valence-electron chi connectivity index (χ3n) is 2.45. The normalized spacial score (nSPS) is 12.2. The molecule has 0 aliphatic heterocycles. The van der Waals surface area contributed by atoms with Crippen molar-refractivity contribution in [2.45, 2.75) is 39.8 Å². The number of nitrogens with zero attached hydrogens (tertiary/aromatic N) is 2. The van der Waals surface area contributed by atoms with Crippen LogP contribution in [0.2, 0.25) is 0 Å². The number of carboxylic acids is 1. The van der Waals surface area contributed by atoms with Crippen molar-refractivity contribution in [3.05, 3.63) is 17.5 Å². The Kier molecular flexibility index (Phi) is 4.25. The Labute approximate surface area is 99.6 Å². The molecule has 0 aromatic carbocycles. The lowest BCUT2D eigenvalue weighted by Gasteiger charge is -2.12. The molecule has 2 N–H and O–H groups in total. The minimum Gasteiger partial charge on any atom is -0.480 e. The summed E-state index contributed by atoms with van der Waals surface area (Å²) in [4.78, 5) is 22.7. The van der Waals surface area contributed by atoms with Crippen LogP contribution in [-0.4, -0.2) is 32.8 Å². The molecular formula is C11H17N3O3. The van der Waals surface area contributed by atoms with Gasteiger partial charge in [-0.3, -0.25) is 9.48 Å². The maximum Gasteiger partial charge on any atom is 0.326 e. The lowest BCUT2D eigenvalue weighted by molar-refractivity contribution is -0.139. The molecule has 94 valence electrons. The fraction of sp³-hybridized carbons (Fsp3) is 0.545. The molecule has 1 amide bonds. The van der Waals surface area contributed by atoms with Gasteiger partial charge in [0, 0.05) is 6.54 Å². The van der Waals surface area contributed by atoms with E-state index in [1.165, 1.54) is 0 Å². The summed E-state index contributed by atoms with van der Waals surface area (Å²) in [5.74, 6) is -1.43. The van der Waals surface area contributed by atoms with E-state index in [0.717, 1.165) is 5.69 Å². The minimum atomic E-state index is -1.03. The fourth-order valence-corrected chi connectivity index (χ4v) is 1.54. The summed E-state index contributed by atoms with van der Waals surface area (Å²) < 4.78 is 1.55. The summed E-state index contributed by atoms with van der Waals surface area (Å²) in [6, 6.07) is 0.788. The zero-order valence-electron chi connectivity index (χ0n) is 10.2. The number of rotatable bonds is 5. The number of hydrogen-bond donors (Lipinski definition) is 2. The largest absolute Gasteiger partial charge is 0.480 e. The molecule has 0 saturated heterocycles. The van der Waals surface area contributed by atoms with Crippen LogP contribution in [0.4, 0.5) is 0 Å². The van der Waals surface area contributed by atoms with Gasteiger partial charge in [-0.15, -0.1) is 0 Å². The van der Waals surface area contributed by atoms with Gasteiger partial charge >= 0.3 is 5.97 Å². The molecule has 1 aromatic heterocycles. The van der Waals surface area contributed by atoms with E-state index in [-0.39, 0.29) is 0 Å². The first-order valence-corrected chi connectivity index (χ1v) is 5.57. The summed E-state index contributed by atoms with van der Waals surface area (Å²) in [5, 5.41) is 15.5. The number of aromatic nitrogens is 2. The van der Waals surface area contributed by atoms with Gasteiger partial charge in [0.15, 0.2) is 0 Å². The molecule has 0 aliphatic carbocycles. The van der Waals surface area contributed by atoms with Crippen LogP contribution in [0.25, 0.3) is 0 Å². The molecule has 0 saturated carbocycles. The van der Waals surface area contributed by atoms with Crippen LogP contribution in [-0.2, 0) is 11.3 Å². The second kappa shape index (κ2) is 5.47. The fourth-order valence-electron chi connectivity index (χ4n) is 1.54. The first-order chi connectivity index (χ1) is 7.99. The molecule has 1 aromatic rings. The number of hydrogen-bond acceptors (Lipinski definition) is 3. The van der Waals surface area contributed by atoms with Crippen LogP contribution in [0.1, 0.15) is 36.5 Å². The van der Waals surface area contributed by atoms with Crippen molar-refractivity contribution in [1.82, 2.24) is 15.1 Å². The summed E-state index contributed by atoms with van der Waals surface area (Å²) >= 11 is 0. The lowest BCUT2D eigenvalue weighted by Crippen LogP contribution is -2.41. The number of carboxylic acid groups (broad SMARTS) is 1. The van der Waals surface area contributed by atoms with Crippen LogP contribution in [0.3, 0.4) is 0 Å². The van der Waals surface area contributed by atoms with E-state index in [9.17, 15) is 9.59 Å². The molecule has 1 heterocycles. The second-order valence-electron chi connectivity index (χ2n) is 3.76. The van der Waals surface area contributed by atoms with E-state index in [1.807, 2.05) is 6.92 Å². The van der Waals surface area contributed by atoms with Gasteiger partial charge < -0.3 is 10.4 Å². The molecule has 0 bridgehead atoms. The quantitative estimate of drug-likeness (QED) is 0.796. The molecule has 6 nitrogen and oxygen atoms in total. The van der Waals surface area contributed by atoms with Crippen molar-refractivity contribution in [1.29, 1.82) is 0 Å². The van der Waals surface area contributed by atoms with Crippen molar-refractivity contribution in [3.63, 3.8) is 0 Å². The van der Waals surface area contributed by atoms with Gasteiger partial charge in [0.1, 0.15) is 11.7 Å². The third-order valence-corrected chi connectivity index (χ3v) is 2.45. The first kappa shape index (κ1) is 13.2. The van der Waals surface area contributed by atoms with Crippen LogP contribution < -0.4 is 5.32 Å². The van der Waals surface area contributed by atoms with Gasteiger partial charge in [0.05, 0.1) is 5.69 Å². The maximum atomic E-state index is 11.9. The van der Waals surface area contributed by atoms with Gasteiger partial charge in [0.25, 0.3) is 5.91 Å². The number of aliphatic carboxylic acids is 1. The molecule has 1 atom stereocenters. The topological polar surface area (TPSA) is 84.2 Å². The maximum absolute atomic E-state index is 11.9. The van der Waals surface area contributed by atoms with Crippen LogP contribution in [0, 0.1) is 6.92 Å². The Morgan fingerprint density at radius 3 is 2.65 bits per heavy atom. The Morgan fingerprint density at radius 2 is 2.18 bits per heavy atom. The highest BCUT2D eigenvalue weighted by atomic mass is 16.4. The zero-order chi connectivity index (χ0) is 13.0. The van der Waals surface area contributed by atoms with Crippen molar-refractivity contribution >= 4 is 11.9 Å². The predicted octanol–water partition coefficient (Wildman–Crippen LogP) is 0.804. The summed E-state index contributed by atoms with van der Waals surface area (Å²) in [6.45, 7) is 5.94. The molecular weight excluding hydrogens is 222 g/mol. The molecule has 0 fully saturated rings. The van der Waals surface area contributed by atoms with Crippen molar-refractivity contribution in [2.75, 3.05) is 0 Å².